The number of rotatable bonds is 15. The summed E-state index contributed by atoms with van der Waals surface area (Å²) in [5.41, 5.74) is 2.42. The fraction of sp³-hybridized carbons (Fsp3) is 0.519. The number of carbonyl (C=O) groups excluding carboxylic acids is 1. The molecule has 0 aliphatic carbocycles. The van der Waals surface area contributed by atoms with Crippen molar-refractivity contribution in [3.8, 4) is 0 Å². The van der Waals surface area contributed by atoms with Crippen LogP contribution in [0.25, 0.3) is 0 Å². The van der Waals surface area contributed by atoms with Gasteiger partial charge < -0.3 is 25.4 Å². The molecule has 1 aliphatic heterocycles. The fourth-order valence-electron chi connectivity index (χ4n) is 4.37. The van der Waals surface area contributed by atoms with Crippen molar-refractivity contribution in [2.75, 3.05) is 45.2 Å². The third-order valence-electron chi connectivity index (χ3n) is 6.36. The molecule has 1 aromatic heterocycles. The Morgan fingerprint density at radius 3 is 2.70 bits per heavy atom. The van der Waals surface area contributed by atoms with Gasteiger partial charge in [0, 0.05) is 38.0 Å². The number of pyridine rings is 1. The molecule has 10 heteroatoms. The van der Waals surface area contributed by atoms with Crippen molar-refractivity contribution >= 4 is 17.7 Å². The number of halogens is 2. The normalized spacial score (nSPS) is 14.5. The molecule has 0 spiro atoms. The number of benzene rings is 1. The van der Waals surface area contributed by atoms with Crippen LogP contribution in [0.3, 0.4) is 0 Å². The number of carbonyl (C=O) groups is 2. The first-order valence-electron chi connectivity index (χ1n) is 12.7. The number of hydrogen-bond acceptors (Lipinski definition) is 6. The number of carboxylic acids is 1. The lowest BCUT2D eigenvalue weighted by atomic mass is 10.1. The van der Waals surface area contributed by atoms with E-state index in [1.165, 1.54) is 24.8 Å². The molecule has 2 aromatic rings. The number of amides is 1. The summed E-state index contributed by atoms with van der Waals surface area (Å²) in [7, 11) is 1.43. The second-order valence-corrected chi connectivity index (χ2v) is 9.31. The first-order valence-corrected chi connectivity index (χ1v) is 12.7. The summed E-state index contributed by atoms with van der Waals surface area (Å²) >= 11 is 0. The molecule has 8 nitrogen and oxygen atoms in total. The molecule has 0 saturated heterocycles. The molecular formula is C27H36F2N4O4. The number of nitrogens with one attached hydrogen (secondary N) is 2. The number of alkyl halides is 1. The van der Waals surface area contributed by atoms with E-state index in [9.17, 15) is 23.5 Å². The molecule has 3 rings (SSSR count). The van der Waals surface area contributed by atoms with Gasteiger partial charge in [0.1, 0.15) is 23.8 Å². The minimum Gasteiger partial charge on any atom is -0.480 e. The third-order valence-corrected chi connectivity index (χ3v) is 6.36. The van der Waals surface area contributed by atoms with Gasteiger partial charge in [-0.05, 0) is 81.0 Å². The molecule has 2 unspecified atom stereocenters. The second-order valence-electron chi connectivity index (χ2n) is 9.31. The van der Waals surface area contributed by atoms with Crippen molar-refractivity contribution in [3.05, 3.63) is 59.0 Å². The van der Waals surface area contributed by atoms with Gasteiger partial charge in [-0.25, -0.2) is 18.6 Å². The summed E-state index contributed by atoms with van der Waals surface area (Å²) in [6.45, 7) is 1.85. The van der Waals surface area contributed by atoms with Crippen molar-refractivity contribution in [2.45, 2.75) is 50.7 Å². The summed E-state index contributed by atoms with van der Waals surface area (Å²) < 4.78 is 32.4. The fourth-order valence-corrected chi connectivity index (χ4v) is 4.37. The van der Waals surface area contributed by atoms with E-state index in [-0.39, 0.29) is 31.7 Å². The first kappa shape index (κ1) is 28.5. The zero-order chi connectivity index (χ0) is 26.6. The number of aromatic nitrogens is 1. The number of ether oxygens (including phenoxy) is 1. The average Bonchev–Trinajstić information content (AvgIpc) is 2.88. The Balaban J connectivity index is 1.52. The van der Waals surface area contributed by atoms with Gasteiger partial charge in [0.05, 0.1) is 6.61 Å². The Morgan fingerprint density at radius 1 is 1.19 bits per heavy atom. The third kappa shape index (κ3) is 9.36. The molecule has 0 bridgehead atoms. The van der Waals surface area contributed by atoms with Crippen LogP contribution in [0.2, 0.25) is 0 Å². The van der Waals surface area contributed by atoms with Gasteiger partial charge in [-0.3, -0.25) is 4.79 Å². The first-order chi connectivity index (χ1) is 17.9. The summed E-state index contributed by atoms with van der Waals surface area (Å²) in [5, 5.41) is 15.4. The SMILES string of the molecule is COCC(F)CN(CCCCc1ccc2c(n1)NCCC2)CCC(NC(=O)c1ccc(F)cc1)C(=O)O. The molecule has 2 heterocycles. The minimum absolute atomic E-state index is 0.0494. The van der Waals surface area contributed by atoms with Gasteiger partial charge in [0.25, 0.3) is 5.91 Å². The highest BCUT2D eigenvalue weighted by molar-refractivity contribution is 5.96. The van der Waals surface area contributed by atoms with Crippen LogP contribution < -0.4 is 10.6 Å². The van der Waals surface area contributed by atoms with Crippen LogP contribution in [-0.2, 0) is 22.4 Å². The van der Waals surface area contributed by atoms with E-state index in [1.807, 2.05) is 4.90 Å². The Bertz CT molecular complexity index is 1020. The topological polar surface area (TPSA) is 104 Å². The maximum atomic E-state index is 14.3. The number of carboxylic acid groups (broad SMARTS) is 1. The van der Waals surface area contributed by atoms with E-state index < -0.39 is 29.9 Å². The summed E-state index contributed by atoms with van der Waals surface area (Å²) in [6.07, 6.45) is 3.47. The molecule has 202 valence electrons. The number of hydrogen-bond donors (Lipinski definition) is 3. The van der Waals surface area contributed by atoms with Gasteiger partial charge in [-0.2, -0.15) is 0 Å². The van der Waals surface area contributed by atoms with E-state index in [0.717, 1.165) is 62.3 Å². The van der Waals surface area contributed by atoms with Crippen LogP contribution in [0.5, 0.6) is 0 Å². The van der Waals surface area contributed by atoms with E-state index in [4.69, 9.17) is 9.72 Å². The Labute approximate surface area is 216 Å². The van der Waals surface area contributed by atoms with E-state index in [1.54, 1.807) is 0 Å². The van der Waals surface area contributed by atoms with Crippen molar-refractivity contribution in [3.63, 3.8) is 0 Å². The smallest absolute Gasteiger partial charge is 0.326 e. The van der Waals surface area contributed by atoms with Crippen LogP contribution in [0.1, 0.15) is 47.3 Å². The second kappa shape index (κ2) is 14.6. The lowest BCUT2D eigenvalue weighted by Gasteiger charge is -2.25. The minimum atomic E-state index is -1.21. The highest BCUT2D eigenvalue weighted by atomic mass is 19.1. The predicted molar refractivity (Wildman–Crippen MR) is 137 cm³/mol. The lowest BCUT2D eigenvalue weighted by molar-refractivity contribution is -0.139. The van der Waals surface area contributed by atoms with Gasteiger partial charge in [-0.1, -0.05) is 6.07 Å². The molecule has 1 aliphatic rings. The number of anilines is 1. The molecule has 1 amide bonds. The van der Waals surface area contributed by atoms with Crippen molar-refractivity contribution < 1.29 is 28.2 Å². The van der Waals surface area contributed by atoms with Crippen LogP contribution in [0.4, 0.5) is 14.6 Å². The monoisotopic (exact) mass is 518 g/mol. The molecule has 2 atom stereocenters. The standard InChI is InChI=1S/C27H36F2N4O4/c1-37-18-22(29)17-33(15-3-2-6-23-12-9-19-5-4-14-30-25(19)31-23)16-13-24(27(35)36)32-26(34)20-7-10-21(28)11-8-20/h7-12,22,24H,2-6,13-18H2,1H3,(H,30,31)(H,32,34)(H,35,36). The average molecular weight is 519 g/mol. The largest absolute Gasteiger partial charge is 0.480 e. The maximum absolute atomic E-state index is 14.3. The van der Waals surface area contributed by atoms with E-state index in [0.29, 0.717) is 6.54 Å². The van der Waals surface area contributed by atoms with Crippen LogP contribution in [0.15, 0.2) is 36.4 Å². The van der Waals surface area contributed by atoms with Crippen molar-refractivity contribution in [2.24, 2.45) is 0 Å². The van der Waals surface area contributed by atoms with Crippen LogP contribution in [0, 0.1) is 5.82 Å². The van der Waals surface area contributed by atoms with Crippen LogP contribution >= 0.6 is 0 Å². The number of aliphatic carboxylic acids is 1. The van der Waals surface area contributed by atoms with Crippen molar-refractivity contribution in [1.82, 2.24) is 15.2 Å². The van der Waals surface area contributed by atoms with Gasteiger partial charge in [-0.15, -0.1) is 0 Å². The summed E-state index contributed by atoms with van der Waals surface area (Å²) in [5.74, 6) is -1.31. The summed E-state index contributed by atoms with van der Waals surface area (Å²) in [6, 6.07) is 7.89. The van der Waals surface area contributed by atoms with Crippen LogP contribution in [-0.4, -0.2) is 79.0 Å². The van der Waals surface area contributed by atoms with Crippen molar-refractivity contribution in [1.29, 1.82) is 0 Å². The lowest BCUT2D eigenvalue weighted by Crippen LogP contribution is -2.44. The number of aryl methyl sites for hydroxylation is 2. The highest BCUT2D eigenvalue weighted by Crippen LogP contribution is 2.20. The maximum Gasteiger partial charge on any atom is 0.326 e. The molecule has 0 fully saturated rings. The van der Waals surface area contributed by atoms with E-state index in [2.05, 4.69) is 22.8 Å². The predicted octanol–water partition coefficient (Wildman–Crippen LogP) is 3.46. The zero-order valence-electron chi connectivity index (χ0n) is 21.2. The number of fused-ring (bicyclic) bond motifs is 1. The molecule has 3 N–H and O–H groups in total. The molecular weight excluding hydrogens is 482 g/mol. The van der Waals surface area contributed by atoms with Gasteiger partial charge >= 0.3 is 5.97 Å². The number of methoxy groups -OCH3 is 1. The quantitative estimate of drug-likeness (QED) is 0.310. The zero-order valence-corrected chi connectivity index (χ0v) is 21.2. The Hall–Kier alpha value is -3.11. The molecule has 37 heavy (non-hydrogen) atoms. The van der Waals surface area contributed by atoms with Gasteiger partial charge in [0.2, 0.25) is 0 Å². The Kier molecular flexibility index (Phi) is 11.2. The number of unbranched alkanes of at least 4 members (excludes halogenated alkanes) is 1. The summed E-state index contributed by atoms with van der Waals surface area (Å²) in [4.78, 5) is 30.8. The van der Waals surface area contributed by atoms with Gasteiger partial charge in [0.15, 0.2) is 0 Å². The number of nitrogens with zero attached hydrogens (tertiary/aromatic N) is 2. The molecule has 0 saturated carbocycles. The molecule has 1 aromatic carbocycles. The molecule has 0 radical (unpaired) electrons. The Morgan fingerprint density at radius 2 is 1.97 bits per heavy atom. The van der Waals surface area contributed by atoms with E-state index >= 15 is 0 Å². The highest BCUT2D eigenvalue weighted by Gasteiger charge is 2.23.